The molecule has 0 aliphatic heterocycles. The Bertz CT molecular complexity index is 878. The van der Waals surface area contributed by atoms with Crippen molar-refractivity contribution in [1.29, 1.82) is 0 Å². The van der Waals surface area contributed by atoms with Gasteiger partial charge in [0.05, 0.1) is 4.92 Å². The van der Waals surface area contributed by atoms with E-state index < -0.39 is 10.8 Å². The van der Waals surface area contributed by atoms with Gasteiger partial charge in [-0.2, -0.15) is 0 Å². The van der Waals surface area contributed by atoms with Crippen LogP contribution >= 0.6 is 0 Å². The summed E-state index contributed by atoms with van der Waals surface area (Å²) in [7, 11) is 0. The highest BCUT2D eigenvalue weighted by Crippen LogP contribution is 2.23. The predicted octanol–water partition coefficient (Wildman–Crippen LogP) is 2.66. The molecular weight excluding hydrogens is 328 g/mol. The fourth-order valence-electron chi connectivity index (χ4n) is 2.07. The van der Waals surface area contributed by atoms with E-state index in [2.05, 4.69) is 15.5 Å². The molecule has 0 atom stereocenters. The number of aromatic nitrogens is 2. The maximum absolute atomic E-state index is 11.9. The van der Waals surface area contributed by atoms with E-state index in [0.717, 1.165) is 0 Å². The first-order valence-electron chi connectivity index (χ1n) is 7.16. The summed E-state index contributed by atoms with van der Waals surface area (Å²) >= 11 is 0. The van der Waals surface area contributed by atoms with Crippen LogP contribution in [0.25, 0.3) is 11.5 Å². The summed E-state index contributed by atoms with van der Waals surface area (Å²) in [5.74, 6) is 0.330. The molecule has 1 amide bonds. The molecule has 0 saturated heterocycles. The molecule has 0 bridgehead atoms. The molecule has 0 unspecified atom stereocenters. The number of carbonyl (C=O) groups is 1. The third-order valence-electron chi connectivity index (χ3n) is 3.21. The van der Waals surface area contributed by atoms with Crippen molar-refractivity contribution in [3.63, 3.8) is 0 Å². The smallest absolute Gasteiger partial charge is 0.292 e. The third-order valence-corrected chi connectivity index (χ3v) is 3.21. The number of para-hydroxylation sites is 2. The SMILES string of the molecule is O=C(COc1ccc(-c2nnco2)cc1)Nc1ccccc1[N+](=O)[O-]. The van der Waals surface area contributed by atoms with E-state index in [0.29, 0.717) is 17.2 Å². The van der Waals surface area contributed by atoms with Crippen LogP contribution in [0.1, 0.15) is 0 Å². The number of hydrogen-bond acceptors (Lipinski definition) is 7. The molecule has 1 heterocycles. The van der Waals surface area contributed by atoms with Crippen molar-refractivity contribution >= 4 is 17.3 Å². The highest BCUT2D eigenvalue weighted by atomic mass is 16.6. The maximum Gasteiger partial charge on any atom is 0.292 e. The van der Waals surface area contributed by atoms with E-state index in [4.69, 9.17) is 9.15 Å². The standard InChI is InChI=1S/C16H12N4O5/c21-15(18-13-3-1-2-4-14(13)20(22)23)9-24-12-7-5-11(6-8-12)16-19-17-10-25-16/h1-8,10H,9H2,(H,18,21). The first-order valence-corrected chi connectivity index (χ1v) is 7.16. The van der Waals surface area contributed by atoms with Gasteiger partial charge in [0, 0.05) is 11.6 Å². The first kappa shape index (κ1) is 16.1. The molecule has 0 saturated carbocycles. The lowest BCUT2D eigenvalue weighted by Crippen LogP contribution is -2.20. The van der Waals surface area contributed by atoms with Crippen molar-refractivity contribution in [2.45, 2.75) is 0 Å². The lowest BCUT2D eigenvalue weighted by molar-refractivity contribution is -0.383. The van der Waals surface area contributed by atoms with E-state index in [1.165, 1.54) is 24.6 Å². The normalized spacial score (nSPS) is 10.2. The van der Waals surface area contributed by atoms with Crippen molar-refractivity contribution in [2.24, 2.45) is 0 Å². The molecule has 0 aliphatic rings. The average molecular weight is 340 g/mol. The topological polar surface area (TPSA) is 120 Å². The second-order valence-electron chi connectivity index (χ2n) is 4.88. The summed E-state index contributed by atoms with van der Waals surface area (Å²) in [5, 5.41) is 20.7. The van der Waals surface area contributed by atoms with Gasteiger partial charge in [-0.15, -0.1) is 10.2 Å². The number of nitrogens with one attached hydrogen (secondary N) is 1. The zero-order valence-corrected chi connectivity index (χ0v) is 12.8. The molecule has 0 aliphatic carbocycles. The first-order chi connectivity index (χ1) is 12.1. The van der Waals surface area contributed by atoms with E-state index in [1.54, 1.807) is 30.3 Å². The van der Waals surface area contributed by atoms with Crippen molar-refractivity contribution in [3.8, 4) is 17.2 Å². The summed E-state index contributed by atoms with van der Waals surface area (Å²) in [6.45, 7) is -0.286. The summed E-state index contributed by atoms with van der Waals surface area (Å²) in [4.78, 5) is 22.3. The molecule has 126 valence electrons. The maximum atomic E-state index is 11.9. The molecule has 2 aromatic carbocycles. The van der Waals surface area contributed by atoms with Gasteiger partial charge in [-0.3, -0.25) is 14.9 Å². The zero-order valence-electron chi connectivity index (χ0n) is 12.8. The minimum Gasteiger partial charge on any atom is -0.484 e. The largest absolute Gasteiger partial charge is 0.484 e. The van der Waals surface area contributed by atoms with Crippen molar-refractivity contribution < 1.29 is 18.9 Å². The number of ether oxygens (including phenoxy) is 1. The number of anilines is 1. The Morgan fingerprint density at radius 1 is 1.20 bits per heavy atom. The molecule has 3 rings (SSSR count). The van der Waals surface area contributed by atoms with Crippen LogP contribution in [0.5, 0.6) is 5.75 Å². The van der Waals surface area contributed by atoms with E-state index >= 15 is 0 Å². The number of benzene rings is 2. The van der Waals surface area contributed by atoms with E-state index in [1.807, 2.05) is 0 Å². The Morgan fingerprint density at radius 2 is 1.96 bits per heavy atom. The Hall–Kier alpha value is -3.75. The van der Waals surface area contributed by atoms with Crippen LogP contribution < -0.4 is 10.1 Å². The number of carbonyl (C=O) groups excluding carboxylic acids is 1. The Balaban J connectivity index is 1.58. The van der Waals surface area contributed by atoms with Crippen LogP contribution in [0.2, 0.25) is 0 Å². The zero-order chi connectivity index (χ0) is 17.6. The van der Waals surface area contributed by atoms with Crippen LogP contribution in [0.3, 0.4) is 0 Å². The monoisotopic (exact) mass is 340 g/mol. The highest BCUT2D eigenvalue weighted by molar-refractivity contribution is 5.94. The fourth-order valence-corrected chi connectivity index (χ4v) is 2.07. The molecule has 0 spiro atoms. The van der Waals surface area contributed by atoms with Gasteiger partial charge in [0.15, 0.2) is 6.61 Å². The lowest BCUT2D eigenvalue weighted by atomic mass is 10.2. The Morgan fingerprint density at radius 3 is 2.64 bits per heavy atom. The number of rotatable bonds is 6. The second-order valence-corrected chi connectivity index (χ2v) is 4.88. The van der Waals surface area contributed by atoms with Gasteiger partial charge in [0.2, 0.25) is 12.3 Å². The Labute approximate surface area is 141 Å². The number of nitro benzene ring substituents is 1. The second kappa shape index (κ2) is 7.21. The van der Waals surface area contributed by atoms with E-state index in [-0.39, 0.29) is 18.0 Å². The van der Waals surface area contributed by atoms with Gasteiger partial charge in [-0.05, 0) is 30.3 Å². The van der Waals surface area contributed by atoms with Crippen molar-refractivity contribution in [2.75, 3.05) is 11.9 Å². The molecule has 25 heavy (non-hydrogen) atoms. The summed E-state index contributed by atoms with van der Waals surface area (Å²) in [6, 6.07) is 12.6. The quantitative estimate of drug-likeness (QED) is 0.541. The highest BCUT2D eigenvalue weighted by Gasteiger charge is 2.15. The summed E-state index contributed by atoms with van der Waals surface area (Å²) < 4.78 is 10.4. The molecule has 3 aromatic rings. The predicted molar refractivity (Wildman–Crippen MR) is 87.0 cm³/mol. The molecule has 9 heteroatoms. The molecular formula is C16H12N4O5. The van der Waals surface area contributed by atoms with Gasteiger partial charge in [0.1, 0.15) is 11.4 Å². The van der Waals surface area contributed by atoms with Crippen LogP contribution in [0, 0.1) is 10.1 Å². The Kier molecular flexibility index (Phi) is 4.65. The van der Waals surface area contributed by atoms with Crippen LogP contribution in [-0.2, 0) is 4.79 Å². The van der Waals surface area contributed by atoms with Crippen LogP contribution in [0.4, 0.5) is 11.4 Å². The molecule has 1 aromatic heterocycles. The van der Waals surface area contributed by atoms with Crippen LogP contribution in [0.15, 0.2) is 59.3 Å². The van der Waals surface area contributed by atoms with Gasteiger partial charge in [0.25, 0.3) is 11.6 Å². The molecule has 9 nitrogen and oxygen atoms in total. The molecule has 1 N–H and O–H groups in total. The minimum absolute atomic E-state index is 0.118. The number of nitro groups is 1. The fraction of sp³-hybridized carbons (Fsp3) is 0.0625. The third kappa shape index (κ3) is 3.96. The number of amides is 1. The minimum atomic E-state index is -0.563. The average Bonchev–Trinajstić information content (AvgIpc) is 3.15. The number of nitrogens with zero attached hydrogens (tertiary/aromatic N) is 3. The van der Waals surface area contributed by atoms with Gasteiger partial charge in [-0.25, -0.2) is 0 Å². The molecule has 0 radical (unpaired) electrons. The van der Waals surface area contributed by atoms with Crippen molar-refractivity contribution in [3.05, 3.63) is 65.0 Å². The van der Waals surface area contributed by atoms with Gasteiger partial charge >= 0.3 is 0 Å². The van der Waals surface area contributed by atoms with E-state index in [9.17, 15) is 14.9 Å². The van der Waals surface area contributed by atoms with Crippen molar-refractivity contribution in [1.82, 2.24) is 10.2 Å². The summed E-state index contributed by atoms with van der Waals surface area (Å²) in [5.41, 5.74) is 0.654. The van der Waals surface area contributed by atoms with Gasteiger partial charge < -0.3 is 14.5 Å². The number of hydrogen-bond donors (Lipinski definition) is 1. The van der Waals surface area contributed by atoms with Gasteiger partial charge in [-0.1, -0.05) is 12.1 Å². The van der Waals surface area contributed by atoms with Crippen LogP contribution in [-0.4, -0.2) is 27.6 Å². The molecule has 0 fully saturated rings. The summed E-state index contributed by atoms with van der Waals surface area (Å²) in [6.07, 6.45) is 1.23. The lowest BCUT2D eigenvalue weighted by Gasteiger charge is -2.08.